The lowest BCUT2D eigenvalue weighted by Gasteiger charge is -1.95. The molecular weight excluding hydrogens is 162 g/mol. The van der Waals surface area contributed by atoms with Crippen LogP contribution in [0.15, 0.2) is 16.6 Å². The highest BCUT2D eigenvalue weighted by Gasteiger charge is 1.92. The van der Waals surface area contributed by atoms with Gasteiger partial charge in [-0.1, -0.05) is 0 Å². The van der Waals surface area contributed by atoms with Gasteiger partial charge in [-0.05, 0) is 0 Å². The molecule has 0 amide bonds. The van der Waals surface area contributed by atoms with E-state index >= 15 is 0 Å². The van der Waals surface area contributed by atoms with E-state index in [0.29, 0.717) is 6.54 Å². The lowest BCUT2D eigenvalue weighted by Crippen LogP contribution is -2.37. The van der Waals surface area contributed by atoms with Gasteiger partial charge in [-0.3, -0.25) is 5.43 Å². The van der Waals surface area contributed by atoms with Crippen molar-refractivity contribution in [1.29, 1.82) is 0 Å². The smallest absolute Gasteiger partial charge is 0.203 e. The van der Waals surface area contributed by atoms with Crippen molar-refractivity contribution >= 4 is 17.3 Å². The number of hydrazine groups is 1. The van der Waals surface area contributed by atoms with E-state index in [0.717, 1.165) is 5.01 Å². The summed E-state index contributed by atoms with van der Waals surface area (Å²) < 4.78 is 0. The second-order valence-electron chi connectivity index (χ2n) is 1.77. The van der Waals surface area contributed by atoms with Crippen molar-refractivity contribution in [2.75, 3.05) is 0 Å². The van der Waals surface area contributed by atoms with Gasteiger partial charge in [0.15, 0.2) is 0 Å². The van der Waals surface area contributed by atoms with Gasteiger partial charge >= 0.3 is 0 Å². The monoisotopic (exact) mass is 171 g/mol. The van der Waals surface area contributed by atoms with Crippen molar-refractivity contribution < 1.29 is 0 Å². The lowest BCUT2D eigenvalue weighted by atomic mass is 10.7. The summed E-state index contributed by atoms with van der Waals surface area (Å²) in [7, 11) is 0. The molecule has 0 aromatic carbocycles. The molecule has 1 heterocycles. The largest absolute Gasteiger partial charge is 0.369 e. The van der Waals surface area contributed by atoms with E-state index in [4.69, 9.17) is 11.6 Å². The van der Waals surface area contributed by atoms with Gasteiger partial charge < -0.3 is 5.73 Å². The molecule has 0 saturated carbocycles. The Labute approximate surface area is 68.1 Å². The summed E-state index contributed by atoms with van der Waals surface area (Å²) in [5.74, 6) is 5.21. The molecule has 0 saturated heterocycles. The molecule has 0 fully saturated rings. The van der Waals surface area contributed by atoms with Crippen LogP contribution >= 0.6 is 11.3 Å². The lowest BCUT2D eigenvalue weighted by molar-refractivity contribution is 0.951. The number of hydrogen-bond acceptors (Lipinski definition) is 4. The number of nitrogens with zero attached hydrogens (tertiary/aromatic N) is 2. The topological polar surface area (TPSA) is 89.3 Å². The van der Waals surface area contributed by atoms with E-state index < -0.39 is 0 Å². The van der Waals surface area contributed by atoms with Gasteiger partial charge in [0.05, 0.1) is 6.54 Å². The van der Waals surface area contributed by atoms with Crippen LogP contribution in [0.2, 0.25) is 0 Å². The predicted octanol–water partition coefficient (Wildman–Crippen LogP) is -0.579. The average Bonchev–Trinajstić information content (AvgIpc) is 2.52. The molecular formula is C5H9N5S. The number of nitrogens with two attached hydrogens (primary N) is 2. The maximum atomic E-state index is 5.28. The van der Waals surface area contributed by atoms with Crippen LogP contribution in [0.1, 0.15) is 5.01 Å². The number of rotatable bonds is 2. The molecule has 0 radical (unpaired) electrons. The first-order valence-electron chi connectivity index (χ1n) is 2.98. The van der Waals surface area contributed by atoms with Crippen LogP contribution < -0.4 is 17.0 Å². The Hall–Kier alpha value is -1.14. The van der Waals surface area contributed by atoms with Crippen molar-refractivity contribution in [3.8, 4) is 0 Å². The number of hydrogen-bond donors (Lipinski definition) is 3. The molecule has 11 heavy (non-hydrogen) atoms. The molecule has 0 aliphatic rings. The molecule has 1 aromatic heterocycles. The summed E-state index contributed by atoms with van der Waals surface area (Å²) in [5, 5.41) is 2.81. The number of aliphatic imine (C=N–C) groups is 1. The fourth-order valence-corrected chi connectivity index (χ4v) is 1.07. The molecule has 0 unspecified atom stereocenters. The average molecular weight is 171 g/mol. The molecule has 0 bridgehead atoms. The van der Waals surface area contributed by atoms with Gasteiger partial charge in [0.2, 0.25) is 5.96 Å². The Morgan fingerprint density at radius 2 is 2.64 bits per heavy atom. The van der Waals surface area contributed by atoms with Gasteiger partial charge in [-0.2, -0.15) is 0 Å². The van der Waals surface area contributed by atoms with E-state index in [2.05, 4.69) is 15.4 Å². The minimum atomic E-state index is 0.222. The number of guanidine groups is 1. The summed E-state index contributed by atoms with van der Waals surface area (Å²) in [4.78, 5) is 7.90. The van der Waals surface area contributed by atoms with Gasteiger partial charge in [0, 0.05) is 11.6 Å². The molecule has 0 aliphatic heterocycles. The second kappa shape index (κ2) is 3.89. The third-order valence-electron chi connectivity index (χ3n) is 1.02. The molecule has 6 heteroatoms. The van der Waals surface area contributed by atoms with Crippen LogP contribution in [-0.2, 0) is 6.54 Å². The number of aromatic nitrogens is 1. The third kappa shape index (κ3) is 2.52. The molecule has 0 spiro atoms. The van der Waals surface area contributed by atoms with Crippen LogP contribution in [-0.4, -0.2) is 10.9 Å². The van der Waals surface area contributed by atoms with Gasteiger partial charge in [-0.15, -0.1) is 11.3 Å². The van der Waals surface area contributed by atoms with E-state index in [-0.39, 0.29) is 5.96 Å². The third-order valence-corrected chi connectivity index (χ3v) is 1.78. The predicted molar refractivity (Wildman–Crippen MR) is 44.8 cm³/mol. The Bertz CT molecular complexity index is 229. The maximum absolute atomic E-state index is 5.28. The fraction of sp³-hybridized carbons (Fsp3) is 0.200. The molecule has 60 valence electrons. The summed E-state index contributed by atoms with van der Waals surface area (Å²) in [5.41, 5.74) is 7.51. The van der Waals surface area contributed by atoms with Crippen molar-refractivity contribution in [3.63, 3.8) is 0 Å². The van der Waals surface area contributed by atoms with E-state index in [9.17, 15) is 0 Å². The Morgan fingerprint density at radius 1 is 1.82 bits per heavy atom. The molecule has 1 rings (SSSR count). The van der Waals surface area contributed by atoms with Crippen LogP contribution in [0.25, 0.3) is 0 Å². The molecule has 5 nitrogen and oxygen atoms in total. The first-order valence-corrected chi connectivity index (χ1v) is 3.86. The van der Waals surface area contributed by atoms with Gasteiger partial charge in [0.1, 0.15) is 5.01 Å². The molecule has 0 atom stereocenters. The summed E-state index contributed by atoms with van der Waals surface area (Å²) >= 11 is 1.53. The van der Waals surface area contributed by atoms with E-state index in [1.54, 1.807) is 6.20 Å². The maximum Gasteiger partial charge on any atom is 0.203 e. The standard InChI is InChI=1S/C5H9N5S/c6-5(10-7)9-3-4-8-1-2-11-4/h1-2H,3,7H2,(H3,6,9,10). The first kappa shape index (κ1) is 7.96. The van der Waals surface area contributed by atoms with E-state index in [1.807, 2.05) is 5.38 Å². The van der Waals surface area contributed by atoms with Crippen LogP contribution in [0.4, 0.5) is 0 Å². The summed E-state index contributed by atoms with van der Waals surface area (Å²) in [6, 6.07) is 0. The quantitative estimate of drug-likeness (QED) is 0.240. The highest BCUT2D eigenvalue weighted by molar-refractivity contribution is 7.09. The normalized spacial score (nSPS) is 11.5. The highest BCUT2D eigenvalue weighted by atomic mass is 32.1. The van der Waals surface area contributed by atoms with Crippen molar-refractivity contribution in [2.24, 2.45) is 16.6 Å². The van der Waals surface area contributed by atoms with Crippen LogP contribution in [0, 0.1) is 0 Å². The SMILES string of the molecule is NNC(N)=NCc1nccs1. The summed E-state index contributed by atoms with van der Waals surface area (Å²) in [6.45, 7) is 0.480. The minimum absolute atomic E-state index is 0.222. The number of nitrogens with one attached hydrogen (secondary N) is 1. The zero-order valence-electron chi connectivity index (χ0n) is 5.82. The molecule has 1 aromatic rings. The van der Waals surface area contributed by atoms with Crippen LogP contribution in [0.3, 0.4) is 0 Å². The van der Waals surface area contributed by atoms with Crippen LogP contribution in [0.5, 0.6) is 0 Å². The van der Waals surface area contributed by atoms with E-state index in [1.165, 1.54) is 11.3 Å². The highest BCUT2D eigenvalue weighted by Crippen LogP contribution is 2.04. The Morgan fingerprint density at radius 3 is 3.18 bits per heavy atom. The Kier molecular flexibility index (Phi) is 2.82. The van der Waals surface area contributed by atoms with Crippen molar-refractivity contribution in [1.82, 2.24) is 10.4 Å². The minimum Gasteiger partial charge on any atom is -0.369 e. The molecule has 5 N–H and O–H groups in total. The summed E-state index contributed by atoms with van der Waals surface area (Å²) in [6.07, 6.45) is 1.72. The van der Waals surface area contributed by atoms with Gasteiger partial charge in [0.25, 0.3) is 0 Å². The number of thiazole rings is 1. The van der Waals surface area contributed by atoms with Crippen molar-refractivity contribution in [2.45, 2.75) is 6.54 Å². The zero-order chi connectivity index (χ0) is 8.10. The first-order chi connectivity index (χ1) is 5.33. The second-order valence-corrected chi connectivity index (χ2v) is 2.75. The van der Waals surface area contributed by atoms with Gasteiger partial charge in [-0.25, -0.2) is 15.8 Å². The Balaban J connectivity index is 2.45. The zero-order valence-corrected chi connectivity index (χ0v) is 6.64. The van der Waals surface area contributed by atoms with Crippen molar-refractivity contribution in [3.05, 3.63) is 16.6 Å². The molecule has 0 aliphatic carbocycles. The fourth-order valence-electron chi connectivity index (χ4n) is 0.530.